The zero-order valence-electron chi connectivity index (χ0n) is 10.7. The minimum absolute atomic E-state index is 0.154. The van der Waals surface area contributed by atoms with Crippen LogP contribution in [0, 0.1) is 0 Å². The Morgan fingerprint density at radius 3 is 2.58 bits per heavy atom. The van der Waals surface area contributed by atoms with Crippen LogP contribution in [0.5, 0.6) is 5.75 Å². The van der Waals surface area contributed by atoms with Gasteiger partial charge in [-0.3, -0.25) is 4.98 Å². The quantitative estimate of drug-likeness (QED) is 0.827. The monoisotopic (exact) mass is 258 g/mol. The first kappa shape index (κ1) is 13.5. The predicted octanol–water partition coefficient (Wildman–Crippen LogP) is 1.70. The summed E-state index contributed by atoms with van der Waals surface area (Å²) in [6.07, 6.45) is 3.94. The summed E-state index contributed by atoms with van der Waals surface area (Å²) in [5.74, 6) is 0.765. The molecule has 3 N–H and O–H groups in total. The summed E-state index contributed by atoms with van der Waals surface area (Å²) in [5.41, 5.74) is 7.79. The van der Waals surface area contributed by atoms with E-state index < -0.39 is 0 Å². The topological polar surface area (TPSA) is 68.4 Å². The molecule has 4 nitrogen and oxygen atoms in total. The molecule has 0 saturated heterocycles. The Bertz CT molecular complexity index is 485. The maximum atomic E-state index is 8.87. The highest BCUT2D eigenvalue weighted by Gasteiger charge is 2.11. The first-order valence-corrected chi connectivity index (χ1v) is 6.30. The van der Waals surface area contributed by atoms with Crippen molar-refractivity contribution < 1.29 is 9.84 Å². The first-order chi connectivity index (χ1) is 9.33. The summed E-state index contributed by atoms with van der Waals surface area (Å²) in [6.45, 7) is 0.547. The number of rotatable bonds is 6. The first-order valence-electron chi connectivity index (χ1n) is 6.30. The average Bonchev–Trinajstić information content (AvgIpc) is 2.48. The lowest BCUT2D eigenvalue weighted by Crippen LogP contribution is -2.18. The lowest BCUT2D eigenvalue weighted by molar-refractivity contribution is 0.213. The number of pyridine rings is 1. The summed E-state index contributed by atoms with van der Waals surface area (Å²) in [7, 11) is 0. The molecule has 0 fully saturated rings. The van der Waals surface area contributed by atoms with Crippen LogP contribution < -0.4 is 10.5 Å². The van der Waals surface area contributed by atoms with Crippen LogP contribution in [-0.4, -0.2) is 23.2 Å². The van der Waals surface area contributed by atoms with Crippen LogP contribution in [0.25, 0.3) is 0 Å². The highest BCUT2D eigenvalue weighted by atomic mass is 16.5. The van der Waals surface area contributed by atoms with E-state index in [0.29, 0.717) is 13.0 Å². The second kappa shape index (κ2) is 6.87. The van der Waals surface area contributed by atoms with Gasteiger partial charge in [0.2, 0.25) is 0 Å². The third-order valence-electron chi connectivity index (χ3n) is 2.87. The molecule has 1 heterocycles. The minimum Gasteiger partial charge on any atom is -0.484 e. The number of aliphatic hydroxyl groups is 1. The third-order valence-corrected chi connectivity index (χ3v) is 2.87. The lowest BCUT2D eigenvalue weighted by Gasteiger charge is -2.17. The number of hydrogen-bond acceptors (Lipinski definition) is 4. The molecule has 0 aliphatic carbocycles. The Hall–Kier alpha value is -1.91. The van der Waals surface area contributed by atoms with Gasteiger partial charge in [-0.25, -0.2) is 0 Å². The molecule has 1 aromatic heterocycles. The Balaban J connectivity index is 2.06. The highest BCUT2D eigenvalue weighted by Crippen LogP contribution is 2.21. The SMILES string of the molecule is NCC(Oc1ccc(CCO)cc1)c1cccnc1. The predicted molar refractivity (Wildman–Crippen MR) is 73.9 cm³/mol. The van der Waals surface area contributed by atoms with Crippen LogP contribution in [0.3, 0.4) is 0 Å². The lowest BCUT2D eigenvalue weighted by atomic mass is 10.1. The molecule has 1 unspecified atom stereocenters. The van der Waals surface area contributed by atoms with E-state index in [9.17, 15) is 0 Å². The van der Waals surface area contributed by atoms with Gasteiger partial charge in [-0.2, -0.15) is 0 Å². The molecule has 0 radical (unpaired) electrons. The molecular formula is C15H18N2O2. The second-order valence-electron chi connectivity index (χ2n) is 4.25. The molecule has 1 aromatic carbocycles. The third kappa shape index (κ3) is 3.77. The number of aromatic nitrogens is 1. The molecule has 2 aromatic rings. The van der Waals surface area contributed by atoms with Gasteiger partial charge in [-0.15, -0.1) is 0 Å². The molecule has 0 spiro atoms. The fraction of sp³-hybridized carbons (Fsp3) is 0.267. The van der Waals surface area contributed by atoms with Crippen LogP contribution in [-0.2, 0) is 6.42 Å². The van der Waals surface area contributed by atoms with Crippen molar-refractivity contribution in [3.63, 3.8) is 0 Å². The molecule has 100 valence electrons. The van der Waals surface area contributed by atoms with E-state index in [4.69, 9.17) is 15.6 Å². The van der Waals surface area contributed by atoms with Gasteiger partial charge in [0.1, 0.15) is 11.9 Å². The van der Waals surface area contributed by atoms with Crippen molar-refractivity contribution in [3.05, 3.63) is 59.9 Å². The van der Waals surface area contributed by atoms with E-state index >= 15 is 0 Å². The van der Waals surface area contributed by atoms with Gasteiger partial charge in [-0.1, -0.05) is 18.2 Å². The molecule has 1 atom stereocenters. The molecule has 0 saturated carbocycles. The van der Waals surface area contributed by atoms with Gasteiger partial charge < -0.3 is 15.6 Å². The van der Waals surface area contributed by atoms with Gasteiger partial charge in [0, 0.05) is 31.1 Å². The van der Waals surface area contributed by atoms with Crippen molar-refractivity contribution >= 4 is 0 Å². The van der Waals surface area contributed by atoms with Crippen LogP contribution in [0.2, 0.25) is 0 Å². The fourth-order valence-electron chi connectivity index (χ4n) is 1.85. The normalized spacial score (nSPS) is 12.1. The average molecular weight is 258 g/mol. The van der Waals surface area contributed by atoms with Crippen LogP contribution in [0.4, 0.5) is 0 Å². The molecule has 4 heteroatoms. The molecule has 0 amide bonds. The number of benzene rings is 1. The molecule has 19 heavy (non-hydrogen) atoms. The number of nitrogens with zero attached hydrogens (tertiary/aromatic N) is 1. The number of hydrogen-bond donors (Lipinski definition) is 2. The summed E-state index contributed by atoms with van der Waals surface area (Å²) < 4.78 is 5.86. The molecule has 0 aliphatic heterocycles. The number of aliphatic hydroxyl groups excluding tert-OH is 1. The Kier molecular flexibility index (Phi) is 4.89. The Morgan fingerprint density at radius 2 is 2.00 bits per heavy atom. The van der Waals surface area contributed by atoms with Crippen molar-refractivity contribution in [2.45, 2.75) is 12.5 Å². The summed E-state index contributed by atoms with van der Waals surface area (Å²) >= 11 is 0. The summed E-state index contributed by atoms with van der Waals surface area (Å²) in [6, 6.07) is 11.5. The van der Waals surface area contributed by atoms with E-state index in [1.165, 1.54) is 0 Å². The fourth-order valence-corrected chi connectivity index (χ4v) is 1.85. The summed E-state index contributed by atoms with van der Waals surface area (Å²) in [4.78, 5) is 4.07. The second-order valence-corrected chi connectivity index (χ2v) is 4.25. The zero-order valence-corrected chi connectivity index (χ0v) is 10.7. The van der Waals surface area contributed by atoms with Gasteiger partial charge in [0.25, 0.3) is 0 Å². The van der Waals surface area contributed by atoms with E-state index in [0.717, 1.165) is 16.9 Å². The molecule has 0 bridgehead atoms. The Labute approximate surface area is 112 Å². The van der Waals surface area contributed by atoms with Crippen molar-refractivity contribution in [1.82, 2.24) is 4.98 Å². The maximum absolute atomic E-state index is 8.87. The highest BCUT2D eigenvalue weighted by molar-refractivity contribution is 5.28. The largest absolute Gasteiger partial charge is 0.484 e. The standard InChI is InChI=1S/C15H18N2O2/c16-10-15(13-2-1-8-17-11-13)19-14-5-3-12(4-6-14)7-9-18/h1-6,8,11,15,18H,7,9-10,16H2. The van der Waals surface area contributed by atoms with Crippen LogP contribution >= 0.6 is 0 Å². The van der Waals surface area contributed by atoms with Crippen molar-refractivity contribution in [3.8, 4) is 5.75 Å². The zero-order chi connectivity index (χ0) is 13.5. The summed E-state index contributed by atoms with van der Waals surface area (Å²) in [5, 5.41) is 8.87. The van der Waals surface area contributed by atoms with E-state index in [1.54, 1.807) is 12.4 Å². The molecular weight excluding hydrogens is 240 g/mol. The van der Waals surface area contributed by atoms with Crippen molar-refractivity contribution in [1.29, 1.82) is 0 Å². The Morgan fingerprint density at radius 1 is 1.21 bits per heavy atom. The maximum Gasteiger partial charge on any atom is 0.137 e. The minimum atomic E-state index is -0.197. The van der Waals surface area contributed by atoms with E-state index in [-0.39, 0.29) is 12.7 Å². The van der Waals surface area contributed by atoms with Crippen molar-refractivity contribution in [2.75, 3.05) is 13.2 Å². The van der Waals surface area contributed by atoms with Crippen LogP contribution in [0.1, 0.15) is 17.2 Å². The van der Waals surface area contributed by atoms with Gasteiger partial charge in [-0.05, 0) is 30.2 Å². The van der Waals surface area contributed by atoms with Gasteiger partial charge in [0.15, 0.2) is 0 Å². The number of nitrogens with two attached hydrogens (primary N) is 1. The van der Waals surface area contributed by atoms with Gasteiger partial charge in [0.05, 0.1) is 0 Å². The smallest absolute Gasteiger partial charge is 0.137 e. The molecule has 2 rings (SSSR count). The molecule has 0 aliphatic rings. The van der Waals surface area contributed by atoms with E-state index in [1.807, 2.05) is 36.4 Å². The van der Waals surface area contributed by atoms with Crippen LogP contribution in [0.15, 0.2) is 48.8 Å². The van der Waals surface area contributed by atoms with E-state index in [2.05, 4.69) is 4.98 Å². The van der Waals surface area contributed by atoms with Crippen molar-refractivity contribution in [2.24, 2.45) is 5.73 Å². The van der Waals surface area contributed by atoms with Gasteiger partial charge >= 0.3 is 0 Å². The number of ether oxygens (including phenoxy) is 1.